The number of unbranched alkanes of at least 4 members (excludes halogenated alkanes) is 1. The van der Waals surface area contributed by atoms with Crippen molar-refractivity contribution in [3.63, 3.8) is 0 Å². The standard InChI is InChI=1S/C14H19ClN2O3/c1-3-5-8-17(4-2)14(20)16-12-7-6-10(13(18)19)9-11(12)15/h6-7,9H,3-5,8H2,1-2H3,(H,16,20)(H,18,19). The number of rotatable bonds is 6. The van der Waals surface area contributed by atoms with Gasteiger partial charge in [-0.25, -0.2) is 9.59 Å². The first-order valence-electron chi connectivity index (χ1n) is 6.58. The Hall–Kier alpha value is -1.75. The molecule has 20 heavy (non-hydrogen) atoms. The third kappa shape index (κ3) is 4.42. The summed E-state index contributed by atoms with van der Waals surface area (Å²) in [5.41, 5.74) is 0.503. The molecule has 1 aromatic carbocycles. The average molecular weight is 299 g/mol. The van der Waals surface area contributed by atoms with Crippen molar-refractivity contribution in [1.29, 1.82) is 0 Å². The summed E-state index contributed by atoms with van der Waals surface area (Å²) < 4.78 is 0. The average Bonchev–Trinajstić information content (AvgIpc) is 2.41. The van der Waals surface area contributed by atoms with Crippen LogP contribution in [0.15, 0.2) is 18.2 Å². The first-order chi connectivity index (χ1) is 9.49. The van der Waals surface area contributed by atoms with Gasteiger partial charge in [-0.05, 0) is 31.5 Å². The van der Waals surface area contributed by atoms with Crippen LogP contribution in [0, 0.1) is 0 Å². The van der Waals surface area contributed by atoms with Crippen LogP contribution in [0.4, 0.5) is 10.5 Å². The van der Waals surface area contributed by atoms with Crippen molar-refractivity contribution in [2.75, 3.05) is 18.4 Å². The molecule has 0 aromatic heterocycles. The minimum absolute atomic E-state index is 0.0892. The van der Waals surface area contributed by atoms with Gasteiger partial charge in [0.25, 0.3) is 0 Å². The topological polar surface area (TPSA) is 69.6 Å². The fourth-order valence-corrected chi connectivity index (χ4v) is 1.92. The molecule has 0 bridgehead atoms. The molecule has 2 N–H and O–H groups in total. The second-order valence-electron chi connectivity index (χ2n) is 4.36. The number of carbonyl (C=O) groups excluding carboxylic acids is 1. The fourth-order valence-electron chi connectivity index (χ4n) is 1.70. The van der Waals surface area contributed by atoms with Crippen LogP contribution in [0.3, 0.4) is 0 Å². The fraction of sp³-hybridized carbons (Fsp3) is 0.429. The van der Waals surface area contributed by atoms with Crippen LogP contribution in [0.1, 0.15) is 37.0 Å². The molecule has 6 heteroatoms. The predicted octanol–water partition coefficient (Wildman–Crippen LogP) is 3.69. The van der Waals surface area contributed by atoms with Gasteiger partial charge in [0.1, 0.15) is 0 Å². The van der Waals surface area contributed by atoms with Crippen LogP contribution in [0.5, 0.6) is 0 Å². The third-order valence-electron chi connectivity index (χ3n) is 2.91. The number of nitrogens with zero attached hydrogens (tertiary/aromatic N) is 1. The minimum Gasteiger partial charge on any atom is -0.478 e. The largest absolute Gasteiger partial charge is 0.478 e. The second kappa shape index (κ2) is 7.75. The predicted molar refractivity (Wildman–Crippen MR) is 79.6 cm³/mol. The summed E-state index contributed by atoms with van der Waals surface area (Å²) in [6, 6.07) is 4.00. The Balaban J connectivity index is 2.76. The van der Waals surface area contributed by atoms with Crippen LogP contribution in [-0.4, -0.2) is 35.1 Å². The zero-order valence-electron chi connectivity index (χ0n) is 11.6. The van der Waals surface area contributed by atoms with Crippen molar-refractivity contribution >= 4 is 29.3 Å². The number of nitrogens with one attached hydrogen (secondary N) is 1. The Morgan fingerprint density at radius 2 is 2.05 bits per heavy atom. The van der Waals surface area contributed by atoms with E-state index in [4.69, 9.17) is 16.7 Å². The van der Waals surface area contributed by atoms with Gasteiger partial charge in [-0.3, -0.25) is 0 Å². The highest BCUT2D eigenvalue weighted by Gasteiger charge is 2.13. The lowest BCUT2D eigenvalue weighted by Gasteiger charge is -2.21. The number of urea groups is 1. The zero-order valence-corrected chi connectivity index (χ0v) is 12.4. The summed E-state index contributed by atoms with van der Waals surface area (Å²) in [6.07, 6.45) is 1.95. The summed E-state index contributed by atoms with van der Waals surface area (Å²) in [5.74, 6) is -1.05. The molecule has 0 atom stereocenters. The zero-order chi connectivity index (χ0) is 15.1. The smallest absolute Gasteiger partial charge is 0.335 e. The maximum Gasteiger partial charge on any atom is 0.335 e. The molecule has 0 saturated heterocycles. The van der Waals surface area contributed by atoms with Gasteiger partial charge in [0.05, 0.1) is 16.3 Å². The molecular formula is C14H19ClN2O3. The Morgan fingerprint density at radius 3 is 2.55 bits per heavy atom. The van der Waals surface area contributed by atoms with Crippen molar-refractivity contribution < 1.29 is 14.7 Å². The van der Waals surface area contributed by atoms with Crippen molar-refractivity contribution in [3.8, 4) is 0 Å². The summed E-state index contributed by atoms with van der Waals surface area (Å²) in [6.45, 7) is 5.26. The van der Waals surface area contributed by atoms with E-state index in [1.54, 1.807) is 4.90 Å². The van der Waals surface area contributed by atoms with Gasteiger partial charge >= 0.3 is 12.0 Å². The molecule has 2 amide bonds. The van der Waals surface area contributed by atoms with Gasteiger partial charge in [0.15, 0.2) is 0 Å². The molecule has 1 aromatic rings. The summed E-state index contributed by atoms with van der Waals surface area (Å²) >= 11 is 5.97. The third-order valence-corrected chi connectivity index (χ3v) is 3.22. The molecule has 0 fully saturated rings. The highest BCUT2D eigenvalue weighted by molar-refractivity contribution is 6.34. The minimum atomic E-state index is -1.05. The van der Waals surface area contributed by atoms with Gasteiger partial charge in [-0.15, -0.1) is 0 Å². The quantitative estimate of drug-likeness (QED) is 0.841. The summed E-state index contributed by atoms with van der Waals surface area (Å²) in [5, 5.41) is 11.8. The van der Waals surface area contributed by atoms with Gasteiger partial charge in [-0.1, -0.05) is 24.9 Å². The molecule has 0 saturated carbocycles. The molecule has 0 unspecified atom stereocenters. The van der Waals surface area contributed by atoms with Crippen LogP contribution < -0.4 is 5.32 Å². The van der Waals surface area contributed by atoms with Gasteiger partial charge in [-0.2, -0.15) is 0 Å². The maximum atomic E-state index is 12.1. The molecule has 0 aliphatic heterocycles. The lowest BCUT2D eigenvalue weighted by molar-refractivity contribution is 0.0697. The van der Waals surface area contributed by atoms with Gasteiger partial charge in [0.2, 0.25) is 0 Å². The van der Waals surface area contributed by atoms with Gasteiger partial charge in [0, 0.05) is 13.1 Å². The SMILES string of the molecule is CCCCN(CC)C(=O)Nc1ccc(C(=O)O)cc1Cl. The summed E-state index contributed by atoms with van der Waals surface area (Å²) in [7, 11) is 0. The van der Waals surface area contributed by atoms with Crippen LogP contribution >= 0.6 is 11.6 Å². The van der Waals surface area contributed by atoms with Crippen LogP contribution in [0.2, 0.25) is 5.02 Å². The highest BCUT2D eigenvalue weighted by Crippen LogP contribution is 2.23. The number of benzene rings is 1. The van der Waals surface area contributed by atoms with Crippen molar-refractivity contribution in [1.82, 2.24) is 4.90 Å². The summed E-state index contributed by atoms with van der Waals surface area (Å²) in [4.78, 5) is 24.6. The molecule has 0 aliphatic carbocycles. The molecule has 0 heterocycles. The van der Waals surface area contributed by atoms with Crippen LogP contribution in [-0.2, 0) is 0 Å². The van der Waals surface area contributed by atoms with E-state index in [0.717, 1.165) is 12.8 Å². The maximum absolute atomic E-state index is 12.1. The van der Waals surface area contributed by atoms with E-state index >= 15 is 0 Å². The van der Waals surface area contributed by atoms with E-state index < -0.39 is 5.97 Å². The first-order valence-corrected chi connectivity index (χ1v) is 6.96. The lowest BCUT2D eigenvalue weighted by Crippen LogP contribution is -2.35. The van der Waals surface area contributed by atoms with E-state index in [-0.39, 0.29) is 16.6 Å². The molecule has 0 aliphatic rings. The first kappa shape index (κ1) is 16.3. The number of aromatic carboxylic acids is 1. The molecule has 110 valence electrons. The monoisotopic (exact) mass is 298 g/mol. The molecule has 0 radical (unpaired) electrons. The van der Waals surface area contributed by atoms with E-state index in [1.807, 2.05) is 6.92 Å². The Morgan fingerprint density at radius 1 is 1.35 bits per heavy atom. The number of carbonyl (C=O) groups is 2. The van der Waals surface area contributed by atoms with Crippen molar-refractivity contribution in [2.45, 2.75) is 26.7 Å². The van der Waals surface area contributed by atoms with E-state index in [1.165, 1.54) is 18.2 Å². The lowest BCUT2D eigenvalue weighted by atomic mass is 10.2. The number of anilines is 1. The molecule has 0 spiro atoms. The number of amides is 2. The molecule has 5 nitrogen and oxygen atoms in total. The van der Waals surface area contributed by atoms with E-state index in [2.05, 4.69) is 12.2 Å². The molecular weight excluding hydrogens is 280 g/mol. The van der Waals surface area contributed by atoms with Gasteiger partial charge < -0.3 is 15.3 Å². The van der Waals surface area contributed by atoms with E-state index in [9.17, 15) is 9.59 Å². The highest BCUT2D eigenvalue weighted by atomic mass is 35.5. The second-order valence-corrected chi connectivity index (χ2v) is 4.77. The number of hydrogen-bond donors (Lipinski definition) is 2. The van der Waals surface area contributed by atoms with Crippen molar-refractivity contribution in [2.24, 2.45) is 0 Å². The Kier molecular flexibility index (Phi) is 6.31. The van der Waals surface area contributed by atoms with E-state index in [0.29, 0.717) is 18.8 Å². The number of carboxylic acids is 1. The normalized spacial score (nSPS) is 10.2. The number of hydrogen-bond acceptors (Lipinski definition) is 2. The number of halogens is 1. The van der Waals surface area contributed by atoms with Crippen molar-refractivity contribution in [3.05, 3.63) is 28.8 Å². The Labute approximate surface area is 123 Å². The number of carboxylic acid groups (broad SMARTS) is 1. The van der Waals surface area contributed by atoms with Crippen LogP contribution in [0.25, 0.3) is 0 Å². The molecule has 1 rings (SSSR count). The Bertz CT molecular complexity index is 491.